The van der Waals surface area contributed by atoms with E-state index in [0.717, 1.165) is 25.7 Å². The van der Waals surface area contributed by atoms with Gasteiger partial charge in [0.2, 0.25) is 5.91 Å². The predicted octanol–water partition coefficient (Wildman–Crippen LogP) is 1.10. The lowest BCUT2D eigenvalue weighted by atomic mass is 9.85. The first-order valence-corrected chi connectivity index (χ1v) is 9.54. The Labute approximate surface area is 163 Å². The number of nitrogens with one attached hydrogen (secondary N) is 2. The summed E-state index contributed by atoms with van der Waals surface area (Å²) in [5.41, 5.74) is 0.362. The van der Waals surface area contributed by atoms with Gasteiger partial charge in [-0.2, -0.15) is 0 Å². The summed E-state index contributed by atoms with van der Waals surface area (Å²) in [5, 5.41) is 13.6. The highest BCUT2D eigenvalue weighted by molar-refractivity contribution is 5.92. The van der Waals surface area contributed by atoms with Crippen LogP contribution in [0.4, 0.5) is 0 Å². The van der Waals surface area contributed by atoms with Crippen LogP contribution in [0, 0.1) is 5.92 Å². The largest absolute Gasteiger partial charge is 0.384 e. The van der Waals surface area contributed by atoms with E-state index in [1.807, 2.05) is 0 Å². The Morgan fingerprint density at radius 1 is 1.25 bits per heavy atom. The van der Waals surface area contributed by atoms with Crippen molar-refractivity contribution in [2.24, 2.45) is 5.92 Å². The monoisotopic (exact) mass is 386 g/mol. The summed E-state index contributed by atoms with van der Waals surface area (Å²) in [4.78, 5) is 28.8. The fourth-order valence-corrected chi connectivity index (χ4v) is 3.42. The second-order valence-electron chi connectivity index (χ2n) is 7.00. The maximum Gasteiger partial charge on any atom is 0.270 e. The van der Waals surface area contributed by atoms with Crippen LogP contribution in [0.15, 0.2) is 30.9 Å². The van der Waals surface area contributed by atoms with Crippen molar-refractivity contribution in [1.82, 2.24) is 30.4 Å². The van der Waals surface area contributed by atoms with Crippen LogP contribution >= 0.6 is 0 Å². The first-order valence-electron chi connectivity index (χ1n) is 9.54. The summed E-state index contributed by atoms with van der Waals surface area (Å²) < 4.78 is 6.57. The van der Waals surface area contributed by atoms with Gasteiger partial charge in [-0.25, -0.2) is 4.98 Å². The fraction of sp³-hybridized carbons (Fsp3) is 0.526. The smallest absolute Gasteiger partial charge is 0.270 e. The minimum atomic E-state index is -0.190. The van der Waals surface area contributed by atoms with Crippen LogP contribution in [0.2, 0.25) is 0 Å². The van der Waals surface area contributed by atoms with Crippen molar-refractivity contribution in [3.63, 3.8) is 0 Å². The van der Waals surface area contributed by atoms with E-state index < -0.39 is 0 Å². The van der Waals surface area contributed by atoms with Gasteiger partial charge in [-0.1, -0.05) is 12.5 Å². The highest BCUT2D eigenvalue weighted by Crippen LogP contribution is 2.24. The second kappa shape index (κ2) is 9.93. The molecular formula is C19H26N6O3. The lowest BCUT2D eigenvalue weighted by Gasteiger charge is -2.29. The Kier molecular flexibility index (Phi) is 7.07. The van der Waals surface area contributed by atoms with Gasteiger partial charge in [-0.3, -0.25) is 14.2 Å². The van der Waals surface area contributed by atoms with Gasteiger partial charge in [0.05, 0.1) is 6.61 Å². The van der Waals surface area contributed by atoms with E-state index in [1.165, 1.54) is 12.7 Å². The minimum Gasteiger partial charge on any atom is -0.384 e. The molecule has 1 fully saturated rings. The Hall–Kier alpha value is -2.81. The average molecular weight is 386 g/mol. The van der Waals surface area contributed by atoms with Crippen LogP contribution < -0.4 is 10.6 Å². The molecule has 0 spiro atoms. The molecule has 9 heteroatoms. The number of carbonyl (C=O) groups is 2. The van der Waals surface area contributed by atoms with Gasteiger partial charge in [0.15, 0.2) is 0 Å². The number of rotatable bonds is 8. The number of hydrogen-bond acceptors (Lipinski definition) is 6. The van der Waals surface area contributed by atoms with Crippen molar-refractivity contribution in [3.8, 4) is 5.82 Å². The molecule has 0 radical (unpaired) electrons. The first kappa shape index (κ1) is 19.9. The third kappa shape index (κ3) is 5.59. The highest BCUT2D eigenvalue weighted by Gasteiger charge is 2.24. The van der Waals surface area contributed by atoms with E-state index in [0.29, 0.717) is 37.0 Å². The predicted molar refractivity (Wildman–Crippen MR) is 102 cm³/mol. The molecule has 1 saturated carbocycles. The molecule has 0 unspecified atom stereocenters. The normalized spacial score (nSPS) is 19.2. The number of hydrogen-bond donors (Lipinski definition) is 2. The molecule has 3 rings (SSSR count). The van der Waals surface area contributed by atoms with Gasteiger partial charge >= 0.3 is 0 Å². The number of nitrogens with zero attached hydrogens (tertiary/aromatic N) is 4. The van der Waals surface area contributed by atoms with E-state index in [9.17, 15) is 9.59 Å². The Morgan fingerprint density at radius 2 is 2.07 bits per heavy atom. The molecule has 2 heterocycles. The summed E-state index contributed by atoms with van der Waals surface area (Å²) >= 11 is 0. The number of methoxy groups -OCH3 is 1. The molecule has 0 bridgehead atoms. The van der Waals surface area contributed by atoms with Crippen molar-refractivity contribution in [2.45, 2.75) is 38.1 Å². The third-order valence-electron chi connectivity index (χ3n) is 4.89. The summed E-state index contributed by atoms with van der Waals surface area (Å²) in [6.45, 7) is 1.06. The number of aromatic nitrogens is 4. The van der Waals surface area contributed by atoms with Gasteiger partial charge in [-0.15, -0.1) is 10.2 Å². The lowest BCUT2D eigenvalue weighted by Crippen LogP contribution is -2.41. The van der Waals surface area contributed by atoms with Crippen LogP contribution in [-0.2, 0) is 9.53 Å². The van der Waals surface area contributed by atoms with Crippen molar-refractivity contribution in [3.05, 3.63) is 36.5 Å². The quantitative estimate of drug-likeness (QED) is 0.703. The fourth-order valence-electron chi connectivity index (χ4n) is 3.42. The molecule has 28 heavy (non-hydrogen) atoms. The van der Waals surface area contributed by atoms with Crippen molar-refractivity contribution >= 4 is 11.8 Å². The van der Waals surface area contributed by atoms with Crippen LogP contribution in [0.3, 0.4) is 0 Å². The molecule has 0 aromatic carbocycles. The van der Waals surface area contributed by atoms with Crippen LogP contribution in [0.1, 0.15) is 42.6 Å². The molecule has 1 aliphatic carbocycles. The van der Waals surface area contributed by atoms with E-state index in [4.69, 9.17) is 4.74 Å². The van der Waals surface area contributed by atoms with Crippen LogP contribution in [0.25, 0.3) is 5.82 Å². The Bertz CT molecular complexity index is 780. The standard InChI is InChI=1S/C19H26N6O3/c1-28-9-8-18(26)20-11-14-4-2-5-15(10-14)23-19(27)16-6-3-7-17(24-16)25-12-21-22-13-25/h3,6-7,12-15H,2,4-5,8-11H2,1H3,(H,20,26)(H,23,27)/t14-,15+/m1/s1. The van der Waals surface area contributed by atoms with E-state index in [1.54, 1.807) is 29.9 Å². The zero-order valence-electron chi connectivity index (χ0n) is 16.0. The molecule has 150 valence electrons. The number of carbonyl (C=O) groups excluding carboxylic acids is 2. The molecule has 2 amide bonds. The van der Waals surface area contributed by atoms with E-state index >= 15 is 0 Å². The zero-order chi connectivity index (χ0) is 19.8. The Morgan fingerprint density at radius 3 is 2.86 bits per heavy atom. The van der Waals surface area contributed by atoms with Gasteiger partial charge < -0.3 is 15.4 Å². The molecule has 2 atom stereocenters. The molecule has 1 aliphatic rings. The van der Waals surface area contributed by atoms with Crippen LogP contribution in [0.5, 0.6) is 0 Å². The summed E-state index contributed by atoms with van der Waals surface area (Å²) in [6.07, 6.45) is 7.31. The summed E-state index contributed by atoms with van der Waals surface area (Å²) in [5.74, 6) is 0.771. The summed E-state index contributed by atoms with van der Waals surface area (Å²) in [6, 6.07) is 5.36. The van der Waals surface area contributed by atoms with Crippen LogP contribution in [-0.4, -0.2) is 57.9 Å². The summed E-state index contributed by atoms with van der Waals surface area (Å²) in [7, 11) is 1.58. The van der Waals surface area contributed by atoms with E-state index in [-0.39, 0.29) is 17.9 Å². The zero-order valence-corrected chi connectivity index (χ0v) is 16.0. The average Bonchev–Trinajstić information content (AvgIpc) is 3.26. The van der Waals surface area contributed by atoms with Crippen molar-refractivity contribution in [1.29, 1.82) is 0 Å². The van der Waals surface area contributed by atoms with Gasteiger partial charge in [0, 0.05) is 26.1 Å². The molecular weight excluding hydrogens is 360 g/mol. The van der Waals surface area contributed by atoms with E-state index in [2.05, 4.69) is 25.8 Å². The topological polar surface area (TPSA) is 111 Å². The van der Waals surface area contributed by atoms with Gasteiger partial charge in [0.25, 0.3) is 5.91 Å². The molecule has 9 nitrogen and oxygen atoms in total. The molecule has 2 aromatic heterocycles. The number of pyridine rings is 1. The lowest BCUT2D eigenvalue weighted by molar-refractivity contribution is -0.122. The minimum absolute atomic E-state index is 0.00279. The molecule has 0 saturated heterocycles. The van der Waals surface area contributed by atoms with Crippen molar-refractivity contribution in [2.75, 3.05) is 20.3 Å². The Balaban J connectivity index is 1.51. The molecule has 2 N–H and O–H groups in total. The molecule has 0 aliphatic heterocycles. The first-order chi connectivity index (χ1) is 13.7. The van der Waals surface area contributed by atoms with Gasteiger partial charge in [0.1, 0.15) is 24.2 Å². The SMILES string of the molecule is COCCC(=O)NC[C@@H]1CCC[C@H](NC(=O)c2cccc(-n3cnnc3)n2)C1. The number of amides is 2. The maximum absolute atomic E-state index is 12.6. The highest BCUT2D eigenvalue weighted by atomic mass is 16.5. The maximum atomic E-state index is 12.6. The number of ether oxygens (including phenoxy) is 1. The van der Waals surface area contributed by atoms with Gasteiger partial charge in [-0.05, 0) is 37.3 Å². The third-order valence-corrected chi connectivity index (χ3v) is 4.89. The molecule has 2 aromatic rings. The second-order valence-corrected chi connectivity index (χ2v) is 7.00. The van der Waals surface area contributed by atoms with Crippen molar-refractivity contribution < 1.29 is 14.3 Å².